The fourth-order valence-electron chi connectivity index (χ4n) is 4.63. The third-order valence-electron chi connectivity index (χ3n) is 6.69. The van der Waals surface area contributed by atoms with Crippen LogP contribution in [0.25, 0.3) is 10.9 Å². The van der Waals surface area contributed by atoms with Crippen LogP contribution >= 0.6 is 0 Å². The Morgan fingerprint density at radius 3 is 2.10 bits per heavy atom. The fourth-order valence-corrected chi connectivity index (χ4v) is 4.63. The zero-order valence-corrected chi connectivity index (χ0v) is 24.9. The Hall–Kier alpha value is -4.13. The third kappa shape index (κ3) is 11.0. The maximum absolute atomic E-state index is 13.4. The number of carboxylic acid groups (broad SMARTS) is 1. The van der Waals surface area contributed by atoms with E-state index in [1.807, 2.05) is 52.0 Å². The van der Waals surface area contributed by atoms with E-state index in [0.717, 1.165) is 16.5 Å². The third-order valence-corrected chi connectivity index (χ3v) is 6.69. The van der Waals surface area contributed by atoms with Crippen LogP contribution in [0.3, 0.4) is 0 Å². The largest absolute Gasteiger partial charge is 0.480 e. The highest BCUT2D eigenvalue weighted by Gasteiger charge is 2.31. The molecule has 1 heterocycles. The smallest absolute Gasteiger partial charge is 0.326 e. The molecule has 0 spiro atoms. The molecule has 0 aliphatic carbocycles. The summed E-state index contributed by atoms with van der Waals surface area (Å²) < 4.78 is 0. The normalized spacial score (nSPS) is 14.2. The Bertz CT molecular complexity index is 1240. The summed E-state index contributed by atoms with van der Waals surface area (Å²) in [6.45, 7) is 7.90. The highest BCUT2D eigenvalue weighted by atomic mass is 16.4. The van der Waals surface area contributed by atoms with Gasteiger partial charge in [0, 0.05) is 30.1 Å². The predicted molar refractivity (Wildman–Crippen MR) is 162 cm³/mol. The number of guanidine groups is 1. The van der Waals surface area contributed by atoms with Crippen LogP contribution in [0.4, 0.5) is 0 Å². The van der Waals surface area contributed by atoms with E-state index in [1.54, 1.807) is 6.20 Å². The second-order valence-corrected chi connectivity index (χ2v) is 11.4. The van der Waals surface area contributed by atoms with Crippen LogP contribution in [-0.4, -0.2) is 70.5 Å². The van der Waals surface area contributed by atoms with E-state index in [-0.39, 0.29) is 37.2 Å². The molecule has 0 radical (unpaired) electrons. The molecule has 0 aliphatic rings. The standard InChI is InChI=1S/C29H46N8O5/c1-16(2)12-20(30)25(38)36-23(13-17(3)4)27(40)35-22(10-7-11-33-29(31)32)26(39)37-24(28(41)42)14-18-15-34-21-9-6-5-8-19(18)21/h5-6,8-9,15-17,20,22-24,34H,7,10-14,30H2,1-4H3,(H,35,40)(H,36,38)(H,37,39)(H,41,42)(H4,31,32,33). The number of aromatic amines is 1. The van der Waals surface area contributed by atoms with E-state index < -0.39 is 47.9 Å². The van der Waals surface area contributed by atoms with Crippen LogP contribution in [0.2, 0.25) is 0 Å². The van der Waals surface area contributed by atoms with Crippen molar-refractivity contribution in [2.24, 2.45) is 34.0 Å². The van der Waals surface area contributed by atoms with E-state index in [2.05, 4.69) is 25.9 Å². The van der Waals surface area contributed by atoms with Crippen molar-refractivity contribution in [3.63, 3.8) is 0 Å². The molecular weight excluding hydrogens is 540 g/mol. The van der Waals surface area contributed by atoms with Crippen LogP contribution in [0.15, 0.2) is 35.5 Å². The van der Waals surface area contributed by atoms with Crippen LogP contribution in [0, 0.1) is 11.8 Å². The average Bonchev–Trinajstić information content (AvgIpc) is 3.31. The van der Waals surface area contributed by atoms with E-state index in [0.29, 0.717) is 19.3 Å². The lowest BCUT2D eigenvalue weighted by atomic mass is 10.00. The maximum Gasteiger partial charge on any atom is 0.326 e. The first-order valence-electron chi connectivity index (χ1n) is 14.3. The molecule has 0 aliphatic heterocycles. The molecule has 1 aromatic heterocycles. The summed E-state index contributed by atoms with van der Waals surface area (Å²) in [5, 5.41) is 18.8. The minimum absolute atomic E-state index is 0.0273. The molecule has 2 rings (SSSR count). The van der Waals surface area contributed by atoms with Gasteiger partial charge >= 0.3 is 5.97 Å². The van der Waals surface area contributed by atoms with Crippen molar-refractivity contribution in [2.75, 3.05) is 6.54 Å². The van der Waals surface area contributed by atoms with Gasteiger partial charge in [0.1, 0.15) is 18.1 Å². The van der Waals surface area contributed by atoms with Gasteiger partial charge in [-0.2, -0.15) is 0 Å². The second kappa shape index (κ2) is 16.3. The van der Waals surface area contributed by atoms with Crippen molar-refractivity contribution in [3.8, 4) is 0 Å². The number of nitrogens with one attached hydrogen (secondary N) is 4. The fraction of sp³-hybridized carbons (Fsp3) is 0.552. The Balaban J connectivity index is 2.22. The molecule has 13 heteroatoms. The first-order valence-corrected chi connectivity index (χ1v) is 14.3. The molecule has 0 saturated heterocycles. The van der Waals surface area contributed by atoms with Gasteiger partial charge in [0.25, 0.3) is 0 Å². The summed E-state index contributed by atoms with van der Waals surface area (Å²) in [7, 11) is 0. The Labute approximate surface area is 246 Å². The average molecular weight is 587 g/mol. The monoisotopic (exact) mass is 586 g/mol. The molecule has 232 valence electrons. The Morgan fingerprint density at radius 2 is 1.48 bits per heavy atom. The molecule has 0 fully saturated rings. The van der Waals surface area contributed by atoms with Gasteiger partial charge in [0.2, 0.25) is 17.7 Å². The van der Waals surface area contributed by atoms with Gasteiger partial charge in [0.05, 0.1) is 6.04 Å². The molecule has 3 amide bonds. The number of amides is 3. The number of hydrogen-bond acceptors (Lipinski definition) is 6. The second-order valence-electron chi connectivity index (χ2n) is 11.4. The number of carbonyl (C=O) groups excluding carboxylic acids is 3. The van der Waals surface area contributed by atoms with E-state index in [4.69, 9.17) is 17.2 Å². The molecule has 0 bridgehead atoms. The molecule has 0 saturated carbocycles. The van der Waals surface area contributed by atoms with Gasteiger partial charge < -0.3 is 43.2 Å². The zero-order valence-electron chi connectivity index (χ0n) is 24.9. The van der Waals surface area contributed by atoms with Gasteiger partial charge in [-0.15, -0.1) is 0 Å². The highest BCUT2D eigenvalue weighted by molar-refractivity contribution is 5.94. The molecule has 4 atom stereocenters. The Kier molecular flexibility index (Phi) is 13.3. The van der Waals surface area contributed by atoms with Crippen molar-refractivity contribution in [2.45, 2.75) is 84.0 Å². The van der Waals surface area contributed by atoms with Crippen LogP contribution < -0.4 is 33.2 Å². The number of nitrogens with two attached hydrogens (primary N) is 3. The van der Waals surface area contributed by atoms with Gasteiger partial charge in [-0.05, 0) is 49.1 Å². The van der Waals surface area contributed by atoms with E-state index in [9.17, 15) is 24.3 Å². The SMILES string of the molecule is CC(C)CC(N)C(=O)NC(CC(C)C)C(=O)NC(CCCN=C(N)N)C(=O)NC(Cc1c[nH]c2ccccc12)C(=O)O. The van der Waals surface area contributed by atoms with Crippen LogP contribution in [-0.2, 0) is 25.6 Å². The summed E-state index contributed by atoms with van der Waals surface area (Å²) in [4.78, 5) is 58.7. The lowest BCUT2D eigenvalue weighted by Crippen LogP contribution is -2.57. The van der Waals surface area contributed by atoms with E-state index >= 15 is 0 Å². The highest BCUT2D eigenvalue weighted by Crippen LogP contribution is 2.19. The lowest BCUT2D eigenvalue weighted by Gasteiger charge is -2.26. The van der Waals surface area contributed by atoms with Gasteiger partial charge in [0.15, 0.2) is 5.96 Å². The summed E-state index contributed by atoms with van der Waals surface area (Å²) in [6, 6.07) is 3.36. The van der Waals surface area contributed by atoms with Gasteiger partial charge in [-0.25, -0.2) is 4.79 Å². The predicted octanol–water partition coefficient (Wildman–Crippen LogP) is 0.723. The molecule has 42 heavy (non-hydrogen) atoms. The van der Waals surface area contributed by atoms with Crippen molar-refractivity contribution in [1.29, 1.82) is 0 Å². The first kappa shape index (κ1) is 34.1. The number of aromatic nitrogens is 1. The number of carboxylic acids is 1. The number of para-hydroxylation sites is 1. The number of aliphatic imine (C=N–C) groups is 1. The van der Waals surface area contributed by atoms with Crippen LogP contribution in [0.5, 0.6) is 0 Å². The molecule has 11 N–H and O–H groups in total. The molecule has 1 aromatic carbocycles. The number of fused-ring (bicyclic) bond motifs is 1. The molecule has 13 nitrogen and oxygen atoms in total. The van der Waals surface area contributed by atoms with Crippen molar-refractivity contribution < 1.29 is 24.3 Å². The molecular formula is C29H46N8O5. The number of carbonyl (C=O) groups is 4. The Morgan fingerprint density at radius 1 is 0.881 bits per heavy atom. The first-order chi connectivity index (χ1) is 19.8. The molecule has 4 unspecified atom stereocenters. The number of benzene rings is 1. The summed E-state index contributed by atoms with van der Waals surface area (Å²) in [6.07, 6.45) is 2.96. The quantitative estimate of drug-likeness (QED) is 0.0746. The molecule has 2 aromatic rings. The van der Waals surface area contributed by atoms with Crippen molar-refractivity contribution in [1.82, 2.24) is 20.9 Å². The minimum Gasteiger partial charge on any atom is -0.480 e. The summed E-state index contributed by atoms with van der Waals surface area (Å²) in [5.74, 6) is -2.80. The number of rotatable bonds is 17. The maximum atomic E-state index is 13.4. The summed E-state index contributed by atoms with van der Waals surface area (Å²) in [5.41, 5.74) is 18.4. The zero-order chi connectivity index (χ0) is 31.4. The van der Waals surface area contributed by atoms with Crippen molar-refractivity contribution in [3.05, 3.63) is 36.0 Å². The van der Waals surface area contributed by atoms with Gasteiger partial charge in [-0.3, -0.25) is 19.4 Å². The summed E-state index contributed by atoms with van der Waals surface area (Å²) >= 11 is 0. The lowest BCUT2D eigenvalue weighted by molar-refractivity contribution is -0.142. The number of hydrogen-bond donors (Lipinski definition) is 8. The van der Waals surface area contributed by atoms with Gasteiger partial charge in [-0.1, -0.05) is 45.9 Å². The number of nitrogens with zero attached hydrogens (tertiary/aromatic N) is 1. The van der Waals surface area contributed by atoms with E-state index in [1.165, 1.54) is 0 Å². The number of aliphatic carboxylic acids is 1. The minimum atomic E-state index is -1.26. The van der Waals surface area contributed by atoms with Crippen molar-refractivity contribution >= 4 is 40.6 Å². The topological polar surface area (TPSA) is 231 Å². The number of H-pyrrole nitrogens is 1. The van der Waals surface area contributed by atoms with Crippen LogP contribution in [0.1, 0.15) is 58.9 Å².